The number of halogens is 1. The Hall–Kier alpha value is -1.09. The summed E-state index contributed by atoms with van der Waals surface area (Å²) in [7, 11) is 0. The van der Waals surface area contributed by atoms with Gasteiger partial charge in [0.05, 0.1) is 0 Å². The Morgan fingerprint density at radius 2 is 2.00 bits per heavy atom. The fraction of sp³-hybridized carbons (Fsp3) is 0.667. The van der Waals surface area contributed by atoms with Crippen LogP contribution in [-0.4, -0.2) is 18.6 Å². The lowest BCUT2D eigenvalue weighted by Gasteiger charge is -2.28. The van der Waals surface area contributed by atoms with Gasteiger partial charge >= 0.3 is 0 Å². The minimum Gasteiger partial charge on any atom is -0.368 e. The first-order chi connectivity index (χ1) is 10.1. The second-order valence-electron chi connectivity index (χ2n) is 7.04. The molecule has 2 nitrogen and oxygen atoms in total. The van der Waals surface area contributed by atoms with Crippen LogP contribution in [0.4, 0.5) is 10.1 Å². The minimum atomic E-state index is -0.119. The van der Waals surface area contributed by atoms with Gasteiger partial charge in [0.2, 0.25) is 0 Å². The van der Waals surface area contributed by atoms with Crippen molar-refractivity contribution in [3.8, 4) is 0 Å². The Labute approximate surface area is 127 Å². The highest BCUT2D eigenvalue weighted by Gasteiger charge is 2.30. The number of rotatable bonds is 8. The molecule has 0 radical (unpaired) electrons. The summed E-state index contributed by atoms with van der Waals surface area (Å²) >= 11 is 0. The van der Waals surface area contributed by atoms with Crippen LogP contribution in [0.1, 0.15) is 51.5 Å². The highest BCUT2D eigenvalue weighted by molar-refractivity contribution is 5.55. The van der Waals surface area contributed by atoms with E-state index in [1.165, 1.54) is 37.8 Å². The number of hydrogen-bond donors (Lipinski definition) is 1. The minimum absolute atomic E-state index is 0.119. The van der Waals surface area contributed by atoms with Crippen molar-refractivity contribution in [2.75, 3.05) is 11.4 Å². The van der Waals surface area contributed by atoms with Gasteiger partial charge in [0.15, 0.2) is 0 Å². The molecule has 0 heterocycles. The van der Waals surface area contributed by atoms with E-state index in [2.05, 4.69) is 24.1 Å². The molecule has 0 amide bonds. The molecule has 2 saturated carbocycles. The van der Waals surface area contributed by atoms with Gasteiger partial charge in [0, 0.05) is 30.9 Å². The van der Waals surface area contributed by atoms with Gasteiger partial charge < -0.3 is 10.2 Å². The van der Waals surface area contributed by atoms with Crippen LogP contribution >= 0.6 is 0 Å². The molecule has 1 aromatic carbocycles. The Morgan fingerprint density at radius 1 is 1.24 bits per heavy atom. The quantitative estimate of drug-likeness (QED) is 0.775. The van der Waals surface area contributed by atoms with Gasteiger partial charge in [-0.3, -0.25) is 0 Å². The molecule has 21 heavy (non-hydrogen) atoms. The second-order valence-corrected chi connectivity index (χ2v) is 7.04. The van der Waals surface area contributed by atoms with Crippen molar-refractivity contribution in [1.82, 2.24) is 5.32 Å². The van der Waals surface area contributed by atoms with E-state index in [0.29, 0.717) is 18.0 Å². The maximum atomic E-state index is 13.6. The molecule has 0 unspecified atom stereocenters. The van der Waals surface area contributed by atoms with Crippen molar-refractivity contribution in [2.24, 2.45) is 5.92 Å². The highest BCUT2D eigenvalue weighted by Crippen LogP contribution is 2.34. The fourth-order valence-electron chi connectivity index (χ4n) is 2.80. The van der Waals surface area contributed by atoms with Crippen LogP contribution in [0.5, 0.6) is 0 Å². The lowest BCUT2D eigenvalue weighted by molar-refractivity contribution is 0.567. The van der Waals surface area contributed by atoms with Crippen LogP contribution < -0.4 is 10.2 Å². The van der Waals surface area contributed by atoms with E-state index in [1.54, 1.807) is 12.1 Å². The topological polar surface area (TPSA) is 15.3 Å². The van der Waals surface area contributed by atoms with Gasteiger partial charge in [0.25, 0.3) is 0 Å². The van der Waals surface area contributed by atoms with Crippen molar-refractivity contribution in [2.45, 2.75) is 64.6 Å². The summed E-state index contributed by atoms with van der Waals surface area (Å²) in [4.78, 5) is 2.52. The fourth-order valence-corrected chi connectivity index (χ4v) is 2.80. The first kappa shape index (κ1) is 14.8. The predicted molar refractivity (Wildman–Crippen MR) is 86.1 cm³/mol. The lowest BCUT2D eigenvalue weighted by atomic mass is 10.1. The largest absolute Gasteiger partial charge is 0.368 e. The summed E-state index contributed by atoms with van der Waals surface area (Å²) in [6.07, 6.45) is 6.30. The van der Waals surface area contributed by atoms with Crippen molar-refractivity contribution in [1.29, 1.82) is 0 Å². The van der Waals surface area contributed by atoms with Gasteiger partial charge in [-0.2, -0.15) is 0 Å². The molecule has 2 fully saturated rings. The first-order valence-corrected chi connectivity index (χ1v) is 8.42. The standard InChI is InChI=1S/C18H27FN2/c1-13(2)9-10-21(17-6-7-17)18-8-3-15(19)11-14(18)12-20-16-4-5-16/h3,8,11,13,16-17,20H,4-7,9-10,12H2,1-2H3. The molecule has 1 aromatic rings. The monoisotopic (exact) mass is 290 g/mol. The van der Waals surface area contributed by atoms with E-state index in [0.717, 1.165) is 18.7 Å². The third kappa shape index (κ3) is 4.19. The summed E-state index contributed by atoms with van der Waals surface area (Å²) in [5.74, 6) is 0.589. The molecule has 0 aliphatic heterocycles. The van der Waals surface area contributed by atoms with Crippen LogP contribution in [-0.2, 0) is 6.54 Å². The normalized spacial score (nSPS) is 18.3. The summed E-state index contributed by atoms with van der Waals surface area (Å²) < 4.78 is 13.6. The Balaban J connectivity index is 1.75. The van der Waals surface area contributed by atoms with E-state index < -0.39 is 0 Å². The van der Waals surface area contributed by atoms with E-state index in [1.807, 2.05) is 6.07 Å². The molecular formula is C18H27FN2. The van der Waals surface area contributed by atoms with E-state index in [-0.39, 0.29) is 5.82 Å². The zero-order valence-corrected chi connectivity index (χ0v) is 13.2. The smallest absolute Gasteiger partial charge is 0.123 e. The Bertz CT molecular complexity index is 478. The molecule has 3 rings (SSSR count). The number of anilines is 1. The SMILES string of the molecule is CC(C)CCN(c1ccc(F)cc1CNC1CC1)C1CC1. The van der Waals surface area contributed by atoms with E-state index in [9.17, 15) is 4.39 Å². The van der Waals surface area contributed by atoms with Gasteiger partial charge in [0.1, 0.15) is 5.82 Å². The number of nitrogens with one attached hydrogen (secondary N) is 1. The Kier molecular flexibility index (Phi) is 4.48. The molecule has 1 N–H and O–H groups in total. The van der Waals surface area contributed by atoms with Crippen molar-refractivity contribution < 1.29 is 4.39 Å². The molecular weight excluding hydrogens is 263 g/mol. The average Bonchev–Trinajstić information content (AvgIpc) is 3.32. The maximum Gasteiger partial charge on any atom is 0.123 e. The summed E-state index contributed by atoms with van der Waals surface area (Å²) in [5, 5.41) is 3.53. The van der Waals surface area contributed by atoms with Crippen LogP contribution in [0.25, 0.3) is 0 Å². The summed E-state index contributed by atoms with van der Waals surface area (Å²) in [5.41, 5.74) is 2.37. The van der Waals surface area contributed by atoms with Crippen LogP contribution in [0.2, 0.25) is 0 Å². The van der Waals surface area contributed by atoms with Gasteiger partial charge in [-0.25, -0.2) is 4.39 Å². The average molecular weight is 290 g/mol. The molecule has 0 atom stereocenters. The number of hydrogen-bond acceptors (Lipinski definition) is 2. The molecule has 0 aromatic heterocycles. The molecule has 116 valence electrons. The van der Waals surface area contributed by atoms with Crippen molar-refractivity contribution >= 4 is 5.69 Å². The van der Waals surface area contributed by atoms with E-state index >= 15 is 0 Å². The van der Waals surface area contributed by atoms with Crippen LogP contribution in [0, 0.1) is 11.7 Å². The lowest BCUT2D eigenvalue weighted by Crippen LogP contribution is -2.29. The number of nitrogens with zero attached hydrogens (tertiary/aromatic N) is 1. The van der Waals surface area contributed by atoms with Crippen LogP contribution in [0.3, 0.4) is 0 Å². The molecule has 2 aliphatic rings. The highest BCUT2D eigenvalue weighted by atomic mass is 19.1. The predicted octanol–water partition coefficient (Wildman–Crippen LogP) is 4.09. The molecule has 2 aliphatic carbocycles. The number of benzene rings is 1. The molecule has 0 spiro atoms. The Morgan fingerprint density at radius 3 is 2.62 bits per heavy atom. The third-order valence-corrected chi connectivity index (χ3v) is 4.44. The summed E-state index contributed by atoms with van der Waals surface area (Å²) in [6.45, 7) is 6.42. The first-order valence-electron chi connectivity index (χ1n) is 8.42. The van der Waals surface area contributed by atoms with Gasteiger partial charge in [-0.05, 0) is 61.8 Å². The van der Waals surface area contributed by atoms with Crippen LogP contribution in [0.15, 0.2) is 18.2 Å². The molecule has 0 bridgehead atoms. The second kappa shape index (κ2) is 6.35. The van der Waals surface area contributed by atoms with Crippen molar-refractivity contribution in [3.63, 3.8) is 0 Å². The van der Waals surface area contributed by atoms with Gasteiger partial charge in [-0.1, -0.05) is 13.8 Å². The third-order valence-electron chi connectivity index (χ3n) is 4.44. The van der Waals surface area contributed by atoms with Gasteiger partial charge in [-0.15, -0.1) is 0 Å². The molecule has 3 heteroatoms. The van der Waals surface area contributed by atoms with E-state index in [4.69, 9.17) is 0 Å². The zero-order chi connectivity index (χ0) is 14.8. The zero-order valence-electron chi connectivity index (χ0n) is 13.2. The summed E-state index contributed by atoms with van der Waals surface area (Å²) in [6, 6.07) is 6.65. The van der Waals surface area contributed by atoms with Crippen molar-refractivity contribution in [3.05, 3.63) is 29.6 Å². The maximum absolute atomic E-state index is 13.6. The molecule has 0 saturated heterocycles.